The van der Waals surface area contributed by atoms with Gasteiger partial charge in [-0.15, -0.1) is 0 Å². The van der Waals surface area contributed by atoms with Crippen LogP contribution >= 0.6 is 11.6 Å². The molecule has 3 aromatic rings. The summed E-state index contributed by atoms with van der Waals surface area (Å²) in [4.78, 5) is 8.14. The molecule has 0 N–H and O–H groups in total. The van der Waals surface area contributed by atoms with Crippen LogP contribution in [0.15, 0.2) is 55.1 Å². The van der Waals surface area contributed by atoms with Gasteiger partial charge in [0.1, 0.15) is 0 Å². The minimum atomic E-state index is 0.334. The first-order valence-corrected chi connectivity index (χ1v) is 5.79. The molecule has 0 fully saturated rings. The molecule has 0 aliphatic heterocycles. The van der Waals surface area contributed by atoms with Gasteiger partial charge in [0.05, 0.1) is 6.20 Å². The Balaban J connectivity index is 2.03. The van der Waals surface area contributed by atoms with Crippen molar-refractivity contribution in [1.29, 1.82) is 0 Å². The van der Waals surface area contributed by atoms with E-state index in [9.17, 15) is 0 Å². The summed E-state index contributed by atoms with van der Waals surface area (Å²) in [5, 5.41) is 4.59. The Morgan fingerprint density at radius 2 is 1.72 bits per heavy atom. The molecule has 18 heavy (non-hydrogen) atoms. The maximum atomic E-state index is 5.98. The van der Waals surface area contributed by atoms with Crippen molar-refractivity contribution in [3.63, 3.8) is 0 Å². The van der Waals surface area contributed by atoms with Crippen molar-refractivity contribution in [1.82, 2.24) is 19.7 Å². The van der Waals surface area contributed by atoms with E-state index in [-0.39, 0.29) is 0 Å². The van der Waals surface area contributed by atoms with Crippen molar-refractivity contribution in [2.24, 2.45) is 0 Å². The Morgan fingerprint density at radius 3 is 2.50 bits per heavy atom. The maximum Gasteiger partial charge on any atom is 0.191 e. The highest BCUT2D eigenvalue weighted by Crippen LogP contribution is 2.20. The number of benzene rings is 1. The van der Waals surface area contributed by atoms with Crippen LogP contribution in [-0.4, -0.2) is 19.7 Å². The molecule has 5 heteroatoms. The summed E-state index contributed by atoms with van der Waals surface area (Å²) < 4.78 is 1.62. The molecule has 0 saturated heterocycles. The van der Waals surface area contributed by atoms with E-state index in [1.807, 2.05) is 36.5 Å². The molecule has 0 unspecified atom stereocenters. The fourth-order valence-electron chi connectivity index (χ4n) is 1.69. The Labute approximate surface area is 109 Å². The van der Waals surface area contributed by atoms with Gasteiger partial charge in [-0.25, -0.2) is 14.6 Å². The molecule has 0 spiro atoms. The van der Waals surface area contributed by atoms with Crippen molar-refractivity contribution in [2.75, 3.05) is 0 Å². The van der Waals surface area contributed by atoms with Crippen LogP contribution in [-0.2, 0) is 0 Å². The Hall–Kier alpha value is -2.20. The number of rotatable bonds is 2. The van der Waals surface area contributed by atoms with E-state index >= 15 is 0 Å². The molecule has 2 aromatic heterocycles. The maximum absolute atomic E-state index is 5.98. The molecule has 1 aromatic carbocycles. The zero-order valence-corrected chi connectivity index (χ0v) is 10.1. The molecular formula is C13H9ClN4. The van der Waals surface area contributed by atoms with Crippen molar-refractivity contribution >= 4 is 11.6 Å². The van der Waals surface area contributed by atoms with Crippen molar-refractivity contribution in [3.05, 3.63) is 60.3 Å². The second-order valence-electron chi connectivity index (χ2n) is 3.71. The van der Waals surface area contributed by atoms with E-state index in [1.165, 1.54) is 0 Å². The molecule has 0 atom stereocenters. The van der Waals surface area contributed by atoms with Gasteiger partial charge in [0, 0.05) is 24.2 Å². The van der Waals surface area contributed by atoms with Gasteiger partial charge in [-0.2, -0.15) is 5.10 Å². The fourth-order valence-corrected chi connectivity index (χ4v) is 1.88. The summed E-state index contributed by atoms with van der Waals surface area (Å²) >= 11 is 5.98. The highest BCUT2D eigenvalue weighted by atomic mass is 35.5. The van der Waals surface area contributed by atoms with Gasteiger partial charge in [0.15, 0.2) is 11.0 Å². The van der Waals surface area contributed by atoms with Crippen LogP contribution in [0.4, 0.5) is 0 Å². The van der Waals surface area contributed by atoms with Gasteiger partial charge in [-0.3, -0.25) is 0 Å². The smallest absolute Gasteiger partial charge is 0.191 e. The van der Waals surface area contributed by atoms with E-state index in [0.29, 0.717) is 11.0 Å². The summed E-state index contributed by atoms with van der Waals surface area (Å²) in [6, 6.07) is 10.0. The molecule has 3 rings (SSSR count). The molecule has 0 aliphatic rings. The molecule has 2 heterocycles. The number of hydrogen-bond donors (Lipinski definition) is 0. The largest absolute Gasteiger partial charge is 0.239 e. The number of hydrogen-bond acceptors (Lipinski definition) is 3. The summed E-state index contributed by atoms with van der Waals surface area (Å²) in [5.74, 6) is 0.529. The van der Waals surface area contributed by atoms with Gasteiger partial charge in [0.25, 0.3) is 0 Å². The zero-order valence-electron chi connectivity index (χ0n) is 9.36. The standard InChI is InChI=1S/C13H9ClN4/c14-12-13(16-7-6-15-12)18-9-11(8-17-18)10-4-2-1-3-5-10/h1-9H. The molecule has 0 aliphatic carbocycles. The zero-order chi connectivity index (χ0) is 12.4. The minimum Gasteiger partial charge on any atom is -0.239 e. The van der Waals surface area contributed by atoms with Crippen molar-refractivity contribution < 1.29 is 0 Å². The van der Waals surface area contributed by atoms with E-state index < -0.39 is 0 Å². The third-order valence-corrected chi connectivity index (χ3v) is 2.81. The third-order valence-electron chi connectivity index (χ3n) is 2.54. The van der Waals surface area contributed by atoms with Gasteiger partial charge in [-0.05, 0) is 5.56 Å². The summed E-state index contributed by atoms with van der Waals surface area (Å²) in [5.41, 5.74) is 2.11. The number of halogens is 1. The quantitative estimate of drug-likeness (QED) is 0.708. The van der Waals surface area contributed by atoms with Crippen LogP contribution in [0.5, 0.6) is 0 Å². The van der Waals surface area contributed by atoms with E-state index in [1.54, 1.807) is 23.3 Å². The predicted octanol–water partition coefficient (Wildman–Crippen LogP) is 2.98. The Bertz CT molecular complexity index is 664. The first-order valence-electron chi connectivity index (χ1n) is 5.41. The van der Waals surface area contributed by atoms with Crippen molar-refractivity contribution in [3.8, 4) is 16.9 Å². The van der Waals surface area contributed by atoms with E-state index in [4.69, 9.17) is 11.6 Å². The lowest BCUT2D eigenvalue weighted by Gasteiger charge is -2.00. The molecule has 0 bridgehead atoms. The predicted molar refractivity (Wildman–Crippen MR) is 69.6 cm³/mol. The Morgan fingerprint density at radius 1 is 0.944 bits per heavy atom. The molecule has 0 saturated carbocycles. The highest BCUT2D eigenvalue weighted by Gasteiger charge is 2.07. The normalized spacial score (nSPS) is 10.5. The second-order valence-corrected chi connectivity index (χ2v) is 4.07. The van der Waals surface area contributed by atoms with Crippen LogP contribution in [0, 0.1) is 0 Å². The molecule has 0 radical (unpaired) electrons. The molecule has 4 nitrogen and oxygen atoms in total. The van der Waals surface area contributed by atoms with Crippen LogP contribution in [0.1, 0.15) is 0 Å². The average Bonchev–Trinajstić information content (AvgIpc) is 2.90. The first-order chi connectivity index (χ1) is 8.84. The van der Waals surface area contributed by atoms with Crippen molar-refractivity contribution in [2.45, 2.75) is 0 Å². The van der Waals surface area contributed by atoms with Crippen LogP contribution in [0.2, 0.25) is 5.15 Å². The fraction of sp³-hybridized carbons (Fsp3) is 0. The summed E-state index contributed by atoms with van der Waals surface area (Å²) in [7, 11) is 0. The van der Waals surface area contributed by atoms with Gasteiger partial charge in [0.2, 0.25) is 0 Å². The summed E-state index contributed by atoms with van der Waals surface area (Å²) in [6.45, 7) is 0. The number of nitrogens with zero attached hydrogens (tertiary/aromatic N) is 4. The summed E-state index contributed by atoms with van der Waals surface area (Å²) in [6.07, 6.45) is 6.80. The Kier molecular flexibility index (Phi) is 2.78. The lowest BCUT2D eigenvalue weighted by atomic mass is 10.1. The minimum absolute atomic E-state index is 0.334. The van der Waals surface area contributed by atoms with Crippen LogP contribution < -0.4 is 0 Å². The lowest BCUT2D eigenvalue weighted by Crippen LogP contribution is -1.99. The van der Waals surface area contributed by atoms with Gasteiger partial charge in [-0.1, -0.05) is 41.9 Å². The first kappa shape index (κ1) is 10.9. The van der Waals surface area contributed by atoms with Gasteiger partial charge >= 0.3 is 0 Å². The average molecular weight is 257 g/mol. The molecule has 0 amide bonds. The second kappa shape index (κ2) is 4.58. The number of aromatic nitrogens is 4. The topological polar surface area (TPSA) is 43.6 Å². The van der Waals surface area contributed by atoms with E-state index in [2.05, 4.69) is 15.1 Å². The third kappa shape index (κ3) is 1.98. The van der Waals surface area contributed by atoms with E-state index in [0.717, 1.165) is 11.1 Å². The van der Waals surface area contributed by atoms with Crippen LogP contribution in [0.3, 0.4) is 0 Å². The lowest BCUT2D eigenvalue weighted by molar-refractivity contribution is 0.838. The van der Waals surface area contributed by atoms with Gasteiger partial charge < -0.3 is 0 Å². The van der Waals surface area contributed by atoms with Crippen LogP contribution in [0.25, 0.3) is 16.9 Å². The molecular weight excluding hydrogens is 248 g/mol. The molecule has 88 valence electrons. The SMILES string of the molecule is Clc1nccnc1-n1cc(-c2ccccc2)cn1. The highest BCUT2D eigenvalue weighted by molar-refractivity contribution is 6.30. The monoisotopic (exact) mass is 256 g/mol.